The smallest absolute Gasteiger partial charge is 0.154 e. The van der Waals surface area contributed by atoms with Crippen molar-refractivity contribution in [2.24, 2.45) is 0 Å². The molecule has 1 aromatic carbocycles. The molecule has 3 nitrogen and oxygen atoms in total. The molecular formula is C13H17NO2. The molecule has 0 bridgehead atoms. The maximum Gasteiger partial charge on any atom is 0.154 e. The first-order valence-corrected chi connectivity index (χ1v) is 5.62. The van der Waals surface area contributed by atoms with Gasteiger partial charge in [0.1, 0.15) is 0 Å². The molecule has 1 N–H and O–H groups in total. The standard InChI is InChI=1S/C13H17NO2/c1-16-11-8-12(14-9-11)13(15)7-10-5-3-2-4-6-10/h2-6,11-12,14H,7-9H2,1H3. The number of hydrogen-bond acceptors (Lipinski definition) is 3. The molecule has 1 heterocycles. The first-order chi connectivity index (χ1) is 7.79. The molecule has 1 aromatic rings. The van der Waals surface area contributed by atoms with Crippen LogP contribution in [-0.2, 0) is 16.0 Å². The van der Waals surface area contributed by atoms with Crippen molar-refractivity contribution in [1.29, 1.82) is 0 Å². The number of nitrogens with one attached hydrogen (secondary N) is 1. The molecule has 1 fully saturated rings. The number of benzene rings is 1. The Kier molecular flexibility index (Phi) is 3.70. The molecular weight excluding hydrogens is 202 g/mol. The van der Waals surface area contributed by atoms with Crippen molar-refractivity contribution >= 4 is 5.78 Å². The van der Waals surface area contributed by atoms with Crippen molar-refractivity contribution in [3.63, 3.8) is 0 Å². The summed E-state index contributed by atoms with van der Waals surface area (Å²) in [6.07, 6.45) is 1.49. The summed E-state index contributed by atoms with van der Waals surface area (Å²) in [5.74, 6) is 0.255. The average Bonchev–Trinajstić information content (AvgIpc) is 2.79. The van der Waals surface area contributed by atoms with Crippen molar-refractivity contribution in [2.75, 3.05) is 13.7 Å². The molecule has 86 valence electrons. The highest BCUT2D eigenvalue weighted by atomic mass is 16.5. The van der Waals surface area contributed by atoms with Gasteiger partial charge in [0.2, 0.25) is 0 Å². The summed E-state index contributed by atoms with van der Waals surface area (Å²) in [5, 5.41) is 3.20. The van der Waals surface area contributed by atoms with Gasteiger partial charge in [0.05, 0.1) is 12.1 Å². The lowest BCUT2D eigenvalue weighted by atomic mass is 10.0. The van der Waals surface area contributed by atoms with Gasteiger partial charge in [-0.05, 0) is 12.0 Å². The highest BCUT2D eigenvalue weighted by Crippen LogP contribution is 2.12. The Bertz CT molecular complexity index is 350. The fourth-order valence-electron chi connectivity index (χ4n) is 2.05. The second kappa shape index (κ2) is 5.23. The van der Waals surface area contributed by atoms with E-state index in [0.29, 0.717) is 6.42 Å². The van der Waals surface area contributed by atoms with E-state index in [2.05, 4.69) is 5.32 Å². The average molecular weight is 219 g/mol. The van der Waals surface area contributed by atoms with Gasteiger partial charge in [-0.25, -0.2) is 0 Å². The molecule has 0 aromatic heterocycles. The van der Waals surface area contributed by atoms with Gasteiger partial charge in [-0.3, -0.25) is 4.79 Å². The van der Waals surface area contributed by atoms with E-state index in [9.17, 15) is 4.79 Å². The molecule has 3 heteroatoms. The van der Waals surface area contributed by atoms with Crippen LogP contribution in [0.4, 0.5) is 0 Å². The summed E-state index contributed by atoms with van der Waals surface area (Å²) in [6.45, 7) is 0.779. The lowest BCUT2D eigenvalue weighted by molar-refractivity contribution is -0.120. The topological polar surface area (TPSA) is 38.3 Å². The summed E-state index contributed by atoms with van der Waals surface area (Å²) >= 11 is 0. The van der Waals surface area contributed by atoms with Crippen molar-refractivity contribution in [1.82, 2.24) is 5.32 Å². The Morgan fingerprint density at radius 3 is 2.81 bits per heavy atom. The molecule has 0 spiro atoms. The van der Waals surface area contributed by atoms with Crippen molar-refractivity contribution < 1.29 is 9.53 Å². The van der Waals surface area contributed by atoms with Gasteiger partial charge in [-0.15, -0.1) is 0 Å². The first kappa shape index (κ1) is 11.3. The summed E-state index contributed by atoms with van der Waals surface area (Å²) in [7, 11) is 1.69. The van der Waals surface area contributed by atoms with E-state index in [1.165, 1.54) is 0 Å². The Labute approximate surface area is 95.8 Å². The molecule has 1 aliphatic heterocycles. The minimum absolute atomic E-state index is 0.0369. The summed E-state index contributed by atoms with van der Waals surface area (Å²) in [6, 6.07) is 9.82. The van der Waals surface area contributed by atoms with Crippen LogP contribution >= 0.6 is 0 Å². The van der Waals surface area contributed by atoms with Crippen LogP contribution in [0.5, 0.6) is 0 Å². The van der Waals surface area contributed by atoms with Gasteiger partial charge >= 0.3 is 0 Å². The predicted octanol–water partition coefficient (Wildman–Crippen LogP) is 1.18. The van der Waals surface area contributed by atoms with Gasteiger partial charge in [-0.2, -0.15) is 0 Å². The van der Waals surface area contributed by atoms with Crippen LogP contribution in [0, 0.1) is 0 Å². The SMILES string of the molecule is COC1CNC(C(=O)Cc2ccccc2)C1. The molecule has 0 radical (unpaired) electrons. The summed E-state index contributed by atoms with van der Waals surface area (Å²) < 4.78 is 5.23. The fourth-order valence-corrected chi connectivity index (χ4v) is 2.05. The van der Waals surface area contributed by atoms with E-state index in [-0.39, 0.29) is 17.9 Å². The summed E-state index contributed by atoms with van der Waals surface area (Å²) in [4.78, 5) is 12.0. The van der Waals surface area contributed by atoms with Crippen LogP contribution in [0.15, 0.2) is 30.3 Å². The number of rotatable bonds is 4. The molecule has 2 rings (SSSR count). The van der Waals surface area contributed by atoms with Crippen LogP contribution < -0.4 is 5.32 Å². The molecule has 1 aliphatic rings. The Morgan fingerprint density at radius 2 is 2.19 bits per heavy atom. The molecule has 2 unspecified atom stereocenters. The third kappa shape index (κ3) is 2.68. The quantitative estimate of drug-likeness (QED) is 0.826. The number of carbonyl (C=O) groups is 1. The fraction of sp³-hybridized carbons (Fsp3) is 0.462. The minimum Gasteiger partial charge on any atom is -0.380 e. The van der Waals surface area contributed by atoms with Gasteiger partial charge < -0.3 is 10.1 Å². The second-order valence-corrected chi connectivity index (χ2v) is 4.18. The van der Waals surface area contributed by atoms with Crippen LogP contribution in [0.25, 0.3) is 0 Å². The molecule has 0 aliphatic carbocycles. The van der Waals surface area contributed by atoms with E-state index in [0.717, 1.165) is 18.5 Å². The maximum atomic E-state index is 12.0. The maximum absolute atomic E-state index is 12.0. The minimum atomic E-state index is -0.0369. The zero-order valence-electron chi connectivity index (χ0n) is 9.48. The monoisotopic (exact) mass is 219 g/mol. The highest BCUT2D eigenvalue weighted by molar-refractivity contribution is 5.86. The van der Waals surface area contributed by atoms with E-state index in [1.807, 2.05) is 30.3 Å². The Morgan fingerprint density at radius 1 is 1.44 bits per heavy atom. The largest absolute Gasteiger partial charge is 0.380 e. The zero-order valence-corrected chi connectivity index (χ0v) is 9.48. The van der Waals surface area contributed by atoms with Gasteiger partial charge in [0.15, 0.2) is 5.78 Å². The normalized spacial score (nSPS) is 24.6. The van der Waals surface area contributed by atoms with Crippen molar-refractivity contribution in [2.45, 2.75) is 25.0 Å². The van der Waals surface area contributed by atoms with Crippen LogP contribution in [0.2, 0.25) is 0 Å². The second-order valence-electron chi connectivity index (χ2n) is 4.18. The third-order valence-corrected chi connectivity index (χ3v) is 3.03. The van der Waals surface area contributed by atoms with Crippen molar-refractivity contribution in [3.05, 3.63) is 35.9 Å². The number of methoxy groups -OCH3 is 1. The Hall–Kier alpha value is -1.19. The van der Waals surface area contributed by atoms with Crippen LogP contribution in [0.1, 0.15) is 12.0 Å². The van der Waals surface area contributed by atoms with E-state index in [1.54, 1.807) is 7.11 Å². The Balaban J connectivity index is 1.90. The summed E-state index contributed by atoms with van der Waals surface area (Å²) in [5.41, 5.74) is 1.08. The zero-order chi connectivity index (χ0) is 11.4. The molecule has 16 heavy (non-hydrogen) atoms. The lowest BCUT2D eigenvalue weighted by Gasteiger charge is -2.09. The number of Topliss-reactive ketones (excluding diaryl/α,β-unsaturated/α-hetero) is 1. The van der Waals surface area contributed by atoms with Gasteiger partial charge in [0.25, 0.3) is 0 Å². The van der Waals surface area contributed by atoms with Crippen molar-refractivity contribution in [3.8, 4) is 0 Å². The first-order valence-electron chi connectivity index (χ1n) is 5.62. The molecule has 0 amide bonds. The van der Waals surface area contributed by atoms with Crippen LogP contribution in [0.3, 0.4) is 0 Å². The predicted molar refractivity (Wildman–Crippen MR) is 62.4 cm³/mol. The third-order valence-electron chi connectivity index (χ3n) is 3.03. The molecule has 0 saturated carbocycles. The van der Waals surface area contributed by atoms with Crippen LogP contribution in [-0.4, -0.2) is 31.6 Å². The number of ketones is 1. The molecule has 1 saturated heterocycles. The van der Waals surface area contributed by atoms with Gasteiger partial charge in [0, 0.05) is 20.1 Å². The van der Waals surface area contributed by atoms with E-state index in [4.69, 9.17) is 4.74 Å². The lowest BCUT2D eigenvalue weighted by Crippen LogP contribution is -2.31. The van der Waals surface area contributed by atoms with E-state index >= 15 is 0 Å². The highest BCUT2D eigenvalue weighted by Gasteiger charge is 2.28. The number of ether oxygens (including phenoxy) is 1. The molecule has 2 atom stereocenters. The number of carbonyl (C=O) groups excluding carboxylic acids is 1. The number of hydrogen-bond donors (Lipinski definition) is 1. The van der Waals surface area contributed by atoms with Gasteiger partial charge in [-0.1, -0.05) is 30.3 Å². The van der Waals surface area contributed by atoms with E-state index < -0.39 is 0 Å².